The van der Waals surface area contributed by atoms with Crippen molar-refractivity contribution in [2.24, 2.45) is 5.73 Å². The van der Waals surface area contributed by atoms with Gasteiger partial charge in [-0.2, -0.15) is 0 Å². The Bertz CT molecular complexity index is 514. The minimum absolute atomic E-state index is 0.0929. The van der Waals surface area contributed by atoms with E-state index in [0.717, 1.165) is 26.5 Å². The van der Waals surface area contributed by atoms with E-state index in [9.17, 15) is 0 Å². The van der Waals surface area contributed by atoms with Crippen molar-refractivity contribution in [3.05, 3.63) is 68.1 Å². The van der Waals surface area contributed by atoms with Gasteiger partial charge in [0.25, 0.3) is 0 Å². The molecule has 0 spiro atoms. The standard InChI is InChI=1S/C15H15Br2N/c1-2-10-3-5-11(6-4-10)15(18)12-7-13(16)9-14(17)8-12/h3-9,15H,2,18H2,1H3. The molecule has 18 heavy (non-hydrogen) atoms. The third kappa shape index (κ3) is 3.22. The molecule has 0 amide bonds. The zero-order chi connectivity index (χ0) is 13.1. The predicted molar refractivity (Wildman–Crippen MR) is 83.7 cm³/mol. The van der Waals surface area contributed by atoms with Gasteiger partial charge in [-0.05, 0) is 41.3 Å². The smallest absolute Gasteiger partial charge is 0.0552 e. The molecule has 1 unspecified atom stereocenters. The molecule has 0 radical (unpaired) electrons. The molecule has 1 nitrogen and oxygen atoms in total. The van der Waals surface area contributed by atoms with Crippen molar-refractivity contribution in [3.8, 4) is 0 Å². The van der Waals surface area contributed by atoms with E-state index in [-0.39, 0.29) is 6.04 Å². The third-order valence-electron chi connectivity index (χ3n) is 2.99. The summed E-state index contributed by atoms with van der Waals surface area (Å²) in [4.78, 5) is 0. The lowest BCUT2D eigenvalue weighted by molar-refractivity contribution is 0.868. The average Bonchev–Trinajstić information content (AvgIpc) is 2.37. The Kier molecular flexibility index (Phi) is 4.60. The summed E-state index contributed by atoms with van der Waals surface area (Å²) in [6.45, 7) is 2.15. The molecule has 2 aromatic carbocycles. The number of hydrogen-bond donors (Lipinski definition) is 1. The molecular weight excluding hydrogens is 354 g/mol. The second-order valence-corrected chi connectivity index (χ2v) is 6.11. The summed E-state index contributed by atoms with van der Waals surface area (Å²) in [5.41, 5.74) is 9.87. The maximum atomic E-state index is 6.30. The monoisotopic (exact) mass is 367 g/mol. The molecule has 0 aromatic heterocycles. The summed E-state index contributed by atoms with van der Waals surface area (Å²) >= 11 is 6.98. The first-order valence-electron chi connectivity index (χ1n) is 5.90. The van der Waals surface area contributed by atoms with E-state index in [2.05, 4.69) is 75.2 Å². The van der Waals surface area contributed by atoms with E-state index >= 15 is 0 Å². The highest BCUT2D eigenvalue weighted by atomic mass is 79.9. The van der Waals surface area contributed by atoms with Gasteiger partial charge in [0.15, 0.2) is 0 Å². The molecule has 0 fully saturated rings. The van der Waals surface area contributed by atoms with Crippen molar-refractivity contribution >= 4 is 31.9 Å². The molecule has 0 saturated heterocycles. The van der Waals surface area contributed by atoms with Crippen LogP contribution in [-0.2, 0) is 6.42 Å². The van der Waals surface area contributed by atoms with Gasteiger partial charge in [0.05, 0.1) is 6.04 Å². The van der Waals surface area contributed by atoms with Crippen molar-refractivity contribution in [2.75, 3.05) is 0 Å². The fraction of sp³-hybridized carbons (Fsp3) is 0.200. The molecule has 0 aliphatic heterocycles. The van der Waals surface area contributed by atoms with Crippen molar-refractivity contribution < 1.29 is 0 Å². The quantitative estimate of drug-likeness (QED) is 0.825. The summed E-state index contributed by atoms with van der Waals surface area (Å²) < 4.78 is 2.07. The summed E-state index contributed by atoms with van der Waals surface area (Å²) in [6.07, 6.45) is 1.05. The second kappa shape index (κ2) is 6.00. The van der Waals surface area contributed by atoms with Crippen LogP contribution in [0.4, 0.5) is 0 Å². The first-order chi connectivity index (χ1) is 8.60. The molecule has 3 heteroatoms. The van der Waals surface area contributed by atoms with E-state index in [1.54, 1.807) is 0 Å². The van der Waals surface area contributed by atoms with E-state index in [4.69, 9.17) is 5.73 Å². The Hall–Kier alpha value is -0.640. The molecule has 2 N–H and O–H groups in total. The molecule has 0 aliphatic carbocycles. The van der Waals surface area contributed by atoms with Gasteiger partial charge in [0, 0.05) is 8.95 Å². The number of halogens is 2. The lowest BCUT2D eigenvalue weighted by Crippen LogP contribution is -2.11. The van der Waals surface area contributed by atoms with Crippen LogP contribution in [0.15, 0.2) is 51.4 Å². The first-order valence-corrected chi connectivity index (χ1v) is 7.49. The molecule has 2 aromatic rings. The molecule has 1 atom stereocenters. The average molecular weight is 369 g/mol. The van der Waals surface area contributed by atoms with Crippen molar-refractivity contribution in [1.82, 2.24) is 0 Å². The topological polar surface area (TPSA) is 26.0 Å². The van der Waals surface area contributed by atoms with Crippen LogP contribution in [0.5, 0.6) is 0 Å². The van der Waals surface area contributed by atoms with Gasteiger partial charge in [-0.15, -0.1) is 0 Å². The van der Waals surface area contributed by atoms with Gasteiger partial charge in [0.2, 0.25) is 0 Å². The highest BCUT2D eigenvalue weighted by Crippen LogP contribution is 2.26. The Labute approximate surface area is 125 Å². The van der Waals surface area contributed by atoms with Gasteiger partial charge in [-0.25, -0.2) is 0 Å². The van der Waals surface area contributed by atoms with Crippen LogP contribution in [0, 0.1) is 0 Å². The minimum atomic E-state index is -0.0929. The van der Waals surface area contributed by atoms with Gasteiger partial charge < -0.3 is 5.73 Å². The fourth-order valence-corrected chi connectivity index (χ4v) is 3.24. The van der Waals surface area contributed by atoms with Crippen molar-refractivity contribution in [1.29, 1.82) is 0 Å². The van der Waals surface area contributed by atoms with Gasteiger partial charge >= 0.3 is 0 Å². The molecule has 0 bridgehead atoms. The van der Waals surface area contributed by atoms with Gasteiger partial charge in [-0.1, -0.05) is 63.0 Å². The highest BCUT2D eigenvalue weighted by Gasteiger charge is 2.10. The third-order valence-corrected chi connectivity index (χ3v) is 3.91. The fourth-order valence-electron chi connectivity index (χ4n) is 1.91. The van der Waals surface area contributed by atoms with Crippen LogP contribution in [0.2, 0.25) is 0 Å². The highest BCUT2D eigenvalue weighted by molar-refractivity contribution is 9.11. The maximum absolute atomic E-state index is 6.30. The van der Waals surface area contributed by atoms with Gasteiger partial charge in [0.1, 0.15) is 0 Å². The zero-order valence-corrected chi connectivity index (χ0v) is 13.3. The number of aryl methyl sites for hydroxylation is 1. The van der Waals surface area contributed by atoms with E-state index < -0.39 is 0 Å². The Morgan fingerprint density at radius 2 is 1.50 bits per heavy atom. The molecule has 0 aliphatic rings. The van der Waals surface area contributed by atoms with Crippen molar-refractivity contribution in [3.63, 3.8) is 0 Å². The lowest BCUT2D eigenvalue weighted by atomic mass is 9.98. The van der Waals surface area contributed by atoms with Crippen LogP contribution in [0.25, 0.3) is 0 Å². The number of rotatable bonds is 3. The normalized spacial score (nSPS) is 12.4. The van der Waals surface area contributed by atoms with Gasteiger partial charge in [-0.3, -0.25) is 0 Å². The Balaban J connectivity index is 2.31. The molecule has 2 rings (SSSR count). The minimum Gasteiger partial charge on any atom is -0.320 e. The lowest BCUT2D eigenvalue weighted by Gasteiger charge is -2.14. The summed E-state index contributed by atoms with van der Waals surface area (Å²) in [5.74, 6) is 0. The summed E-state index contributed by atoms with van der Waals surface area (Å²) in [6, 6.07) is 14.5. The number of nitrogens with two attached hydrogens (primary N) is 1. The molecule has 0 saturated carbocycles. The Morgan fingerprint density at radius 3 is 2.00 bits per heavy atom. The first kappa shape index (κ1) is 13.8. The van der Waals surface area contributed by atoms with E-state index in [0.29, 0.717) is 0 Å². The SMILES string of the molecule is CCc1ccc(C(N)c2cc(Br)cc(Br)c2)cc1. The molecule has 0 heterocycles. The second-order valence-electron chi connectivity index (χ2n) is 4.28. The summed E-state index contributed by atoms with van der Waals surface area (Å²) in [5, 5.41) is 0. The number of hydrogen-bond acceptors (Lipinski definition) is 1. The van der Waals surface area contributed by atoms with Crippen LogP contribution in [0.1, 0.15) is 29.7 Å². The largest absolute Gasteiger partial charge is 0.320 e. The van der Waals surface area contributed by atoms with Crippen LogP contribution < -0.4 is 5.73 Å². The van der Waals surface area contributed by atoms with E-state index in [1.807, 2.05) is 6.07 Å². The van der Waals surface area contributed by atoms with Crippen molar-refractivity contribution in [2.45, 2.75) is 19.4 Å². The van der Waals surface area contributed by atoms with Crippen LogP contribution >= 0.6 is 31.9 Å². The van der Waals surface area contributed by atoms with E-state index in [1.165, 1.54) is 5.56 Å². The Morgan fingerprint density at radius 1 is 0.944 bits per heavy atom. The van der Waals surface area contributed by atoms with Crippen LogP contribution in [0.3, 0.4) is 0 Å². The molecular formula is C15H15Br2N. The summed E-state index contributed by atoms with van der Waals surface area (Å²) in [7, 11) is 0. The predicted octanol–water partition coefficient (Wildman–Crippen LogP) is 4.82. The van der Waals surface area contributed by atoms with Crippen LogP contribution in [-0.4, -0.2) is 0 Å². The molecule has 94 valence electrons. The maximum Gasteiger partial charge on any atom is 0.0552 e. The zero-order valence-electron chi connectivity index (χ0n) is 10.2. The number of benzene rings is 2.